The molecule has 1 N–H and O–H groups in total. The predicted octanol–water partition coefficient (Wildman–Crippen LogP) is 3.58. The zero-order valence-electron chi connectivity index (χ0n) is 11.2. The van der Waals surface area contributed by atoms with Gasteiger partial charge in [-0.15, -0.1) is 0 Å². The van der Waals surface area contributed by atoms with Crippen molar-refractivity contribution in [2.24, 2.45) is 5.16 Å². The standard InChI is InChI=1S/C15H12BrN3O2/c1-21-12-4-2-10(3-5-12)15-13(9-17-20)14-8-11(16)6-7-19(14)18-15/h2-9,20H,1H3/b17-9+. The molecule has 0 saturated carbocycles. The number of pyridine rings is 1. The normalized spacial score (nSPS) is 11.3. The first kappa shape index (κ1) is 13.6. The summed E-state index contributed by atoms with van der Waals surface area (Å²) in [5, 5.41) is 16.6. The number of oxime groups is 1. The van der Waals surface area contributed by atoms with Crippen molar-refractivity contribution >= 4 is 27.7 Å². The topological polar surface area (TPSA) is 59.1 Å². The average Bonchev–Trinajstić information content (AvgIpc) is 2.86. The van der Waals surface area contributed by atoms with E-state index < -0.39 is 0 Å². The van der Waals surface area contributed by atoms with Crippen molar-refractivity contribution in [3.05, 3.63) is 52.6 Å². The Morgan fingerprint density at radius 2 is 2.05 bits per heavy atom. The number of nitrogens with zero attached hydrogens (tertiary/aromatic N) is 3. The van der Waals surface area contributed by atoms with E-state index in [4.69, 9.17) is 9.94 Å². The molecule has 0 unspecified atom stereocenters. The quantitative estimate of drug-likeness (QED) is 0.448. The van der Waals surface area contributed by atoms with Gasteiger partial charge >= 0.3 is 0 Å². The van der Waals surface area contributed by atoms with Crippen LogP contribution >= 0.6 is 15.9 Å². The summed E-state index contributed by atoms with van der Waals surface area (Å²) in [5.74, 6) is 0.780. The number of methoxy groups -OCH3 is 1. The lowest BCUT2D eigenvalue weighted by atomic mass is 10.1. The highest BCUT2D eigenvalue weighted by Gasteiger charge is 2.13. The highest BCUT2D eigenvalue weighted by Crippen LogP contribution is 2.27. The van der Waals surface area contributed by atoms with Gasteiger partial charge in [0.2, 0.25) is 0 Å². The summed E-state index contributed by atoms with van der Waals surface area (Å²) in [6, 6.07) is 11.4. The minimum atomic E-state index is 0.744. The molecule has 2 aromatic heterocycles. The van der Waals surface area contributed by atoms with Crippen LogP contribution < -0.4 is 4.74 Å². The van der Waals surface area contributed by atoms with Crippen molar-refractivity contribution in [3.63, 3.8) is 0 Å². The van der Waals surface area contributed by atoms with Crippen molar-refractivity contribution in [1.82, 2.24) is 9.61 Å². The summed E-state index contributed by atoms with van der Waals surface area (Å²) in [6.07, 6.45) is 3.25. The molecule has 0 saturated heterocycles. The second kappa shape index (κ2) is 5.57. The minimum Gasteiger partial charge on any atom is -0.497 e. The van der Waals surface area contributed by atoms with Gasteiger partial charge in [0, 0.05) is 16.2 Å². The van der Waals surface area contributed by atoms with Gasteiger partial charge in [0.1, 0.15) is 11.4 Å². The molecule has 0 spiro atoms. The molecule has 21 heavy (non-hydrogen) atoms. The van der Waals surface area contributed by atoms with E-state index in [1.165, 1.54) is 6.21 Å². The van der Waals surface area contributed by atoms with Gasteiger partial charge in [0.05, 0.1) is 24.4 Å². The van der Waals surface area contributed by atoms with Crippen molar-refractivity contribution in [1.29, 1.82) is 0 Å². The van der Waals surface area contributed by atoms with Gasteiger partial charge in [-0.1, -0.05) is 21.1 Å². The summed E-state index contributed by atoms with van der Waals surface area (Å²) < 4.78 is 7.84. The number of hydrogen-bond acceptors (Lipinski definition) is 4. The Morgan fingerprint density at radius 3 is 2.71 bits per heavy atom. The molecule has 2 heterocycles. The molecule has 3 rings (SSSR count). The zero-order chi connectivity index (χ0) is 14.8. The van der Waals surface area contributed by atoms with Gasteiger partial charge < -0.3 is 9.94 Å². The molecule has 0 bridgehead atoms. The van der Waals surface area contributed by atoms with Crippen molar-refractivity contribution in [3.8, 4) is 17.0 Å². The van der Waals surface area contributed by atoms with Gasteiger partial charge in [-0.2, -0.15) is 5.10 Å². The molecular weight excluding hydrogens is 334 g/mol. The Bertz CT molecular complexity index is 810. The summed E-state index contributed by atoms with van der Waals surface area (Å²) in [7, 11) is 1.63. The van der Waals surface area contributed by atoms with Crippen molar-refractivity contribution in [2.75, 3.05) is 7.11 Å². The molecule has 0 fully saturated rings. The Morgan fingerprint density at radius 1 is 1.29 bits per heavy atom. The van der Waals surface area contributed by atoms with E-state index in [0.717, 1.165) is 32.6 Å². The first-order valence-electron chi connectivity index (χ1n) is 6.22. The molecule has 0 atom stereocenters. The number of rotatable bonds is 3. The molecule has 5 nitrogen and oxygen atoms in total. The van der Waals surface area contributed by atoms with Crippen LogP contribution in [-0.2, 0) is 0 Å². The maximum absolute atomic E-state index is 8.92. The number of ether oxygens (including phenoxy) is 1. The molecule has 0 aliphatic carbocycles. The predicted molar refractivity (Wildman–Crippen MR) is 84.3 cm³/mol. The lowest BCUT2D eigenvalue weighted by Crippen LogP contribution is -1.87. The van der Waals surface area contributed by atoms with Gasteiger partial charge in [-0.05, 0) is 36.4 Å². The lowest BCUT2D eigenvalue weighted by molar-refractivity contribution is 0.322. The largest absolute Gasteiger partial charge is 0.497 e. The number of benzene rings is 1. The number of halogens is 1. The highest BCUT2D eigenvalue weighted by molar-refractivity contribution is 9.10. The average molecular weight is 346 g/mol. The van der Waals surface area contributed by atoms with Crippen LogP contribution in [0.5, 0.6) is 5.75 Å². The Hall–Kier alpha value is -2.34. The minimum absolute atomic E-state index is 0.744. The van der Waals surface area contributed by atoms with E-state index in [-0.39, 0.29) is 0 Å². The Kier molecular flexibility index (Phi) is 3.62. The smallest absolute Gasteiger partial charge is 0.118 e. The third-order valence-electron chi connectivity index (χ3n) is 3.19. The third kappa shape index (κ3) is 2.50. The third-order valence-corrected chi connectivity index (χ3v) is 3.68. The van der Waals surface area contributed by atoms with Crippen LogP contribution in [0.2, 0.25) is 0 Å². The maximum atomic E-state index is 8.92. The first-order chi connectivity index (χ1) is 10.2. The van der Waals surface area contributed by atoms with Crippen molar-refractivity contribution in [2.45, 2.75) is 0 Å². The number of aromatic nitrogens is 2. The molecule has 106 valence electrons. The van der Waals surface area contributed by atoms with Gasteiger partial charge in [-0.3, -0.25) is 0 Å². The van der Waals surface area contributed by atoms with Crippen LogP contribution in [0.15, 0.2) is 52.2 Å². The monoisotopic (exact) mass is 345 g/mol. The molecule has 3 aromatic rings. The molecular formula is C15H12BrN3O2. The van der Waals surface area contributed by atoms with Crippen LogP contribution in [0.4, 0.5) is 0 Å². The number of hydrogen-bond donors (Lipinski definition) is 1. The van der Waals surface area contributed by atoms with E-state index in [9.17, 15) is 0 Å². The fourth-order valence-electron chi connectivity index (χ4n) is 2.19. The summed E-state index contributed by atoms with van der Waals surface area (Å²) >= 11 is 3.44. The summed E-state index contributed by atoms with van der Waals surface area (Å²) in [6.45, 7) is 0. The van der Waals surface area contributed by atoms with E-state index in [1.807, 2.05) is 42.6 Å². The van der Waals surface area contributed by atoms with E-state index in [2.05, 4.69) is 26.2 Å². The molecule has 0 aliphatic heterocycles. The molecule has 0 radical (unpaired) electrons. The fourth-order valence-corrected chi connectivity index (χ4v) is 2.52. The Balaban J connectivity index is 2.22. The Labute approximate surface area is 129 Å². The van der Waals surface area contributed by atoms with Crippen LogP contribution in [0.25, 0.3) is 16.8 Å². The number of fused-ring (bicyclic) bond motifs is 1. The van der Waals surface area contributed by atoms with E-state index in [1.54, 1.807) is 11.6 Å². The lowest BCUT2D eigenvalue weighted by Gasteiger charge is -2.01. The van der Waals surface area contributed by atoms with E-state index in [0.29, 0.717) is 0 Å². The van der Waals surface area contributed by atoms with Crippen LogP contribution in [-0.4, -0.2) is 28.1 Å². The SMILES string of the molecule is COc1ccc(-c2nn3ccc(Br)cc3c2/C=N/O)cc1. The summed E-state index contributed by atoms with van der Waals surface area (Å²) in [4.78, 5) is 0. The zero-order valence-corrected chi connectivity index (χ0v) is 12.8. The van der Waals surface area contributed by atoms with Crippen LogP contribution in [0, 0.1) is 0 Å². The van der Waals surface area contributed by atoms with Crippen molar-refractivity contribution < 1.29 is 9.94 Å². The maximum Gasteiger partial charge on any atom is 0.118 e. The molecule has 1 aromatic carbocycles. The second-order valence-electron chi connectivity index (χ2n) is 4.41. The van der Waals surface area contributed by atoms with Crippen LogP contribution in [0.1, 0.15) is 5.56 Å². The highest BCUT2D eigenvalue weighted by atomic mass is 79.9. The first-order valence-corrected chi connectivity index (χ1v) is 7.02. The second-order valence-corrected chi connectivity index (χ2v) is 5.33. The van der Waals surface area contributed by atoms with Gasteiger partial charge in [-0.25, -0.2) is 4.52 Å². The van der Waals surface area contributed by atoms with E-state index >= 15 is 0 Å². The van der Waals surface area contributed by atoms with Gasteiger partial charge in [0.15, 0.2) is 0 Å². The summed E-state index contributed by atoms with van der Waals surface area (Å²) in [5.41, 5.74) is 3.27. The van der Waals surface area contributed by atoms with Gasteiger partial charge in [0.25, 0.3) is 0 Å². The molecule has 0 aliphatic rings. The fraction of sp³-hybridized carbons (Fsp3) is 0.0667. The van der Waals surface area contributed by atoms with Crippen LogP contribution in [0.3, 0.4) is 0 Å². The molecule has 0 amide bonds. The molecule has 6 heteroatoms.